The van der Waals surface area contributed by atoms with Crippen molar-refractivity contribution in [3.8, 4) is 0 Å². The van der Waals surface area contributed by atoms with Crippen molar-refractivity contribution in [1.29, 1.82) is 0 Å². The third kappa shape index (κ3) is 2.09. The molecule has 24 heavy (non-hydrogen) atoms. The monoisotopic (exact) mass is 391 g/mol. The number of esters is 1. The Morgan fingerprint density at radius 1 is 1.42 bits per heavy atom. The minimum atomic E-state index is -0.690. The Labute approximate surface area is 148 Å². The number of carbonyl (C=O) groups excluding carboxylic acids is 2. The van der Waals surface area contributed by atoms with Crippen LogP contribution in [-0.4, -0.2) is 42.1 Å². The highest BCUT2D eigenvalue weighted by Crippen LogP contribution is 2.53. The molecular formula is C18H18BrNO4. The smallest absolute Gasteiger partial charge is 0.312 e. The van der Waals surface area contributed by atoms with Gasteiger partial charge in [0, 0.05) is 4.47 Å². The molecule has 2 bridgehead atoms. The molecule has 1 amide bonds. The van der Waals surface area contributed by atoms with E-state index in [2.05, 4.69) is 15.9 Å². The van der Waals surface area contributed by atoms with Gasteiger partial charge in [-0.3, -0.25) is 9.59 Å². The highest BCUT2D eigenvalue weighted by atomic mass is 79.9. The highest BCUT2D eigenvalue weighted by molar-refractivity contribution is 9.10. The van der Waals surface area contributed by atoms with Crippen LogP contribution in [0.25, 0.3) is 0 Å². The normalized spacial score (nSPS) is 34.5. The molecule has 0 N–H and O–H groups in total. The summed E-state index contributed by atoms with van der Waals surface area (Å²) in [5.74, 6) is -1.44. The molecule has 3 aliphatic rings. The lowest BCUT2D eigenvalue weighted by Crippen LogP contribution is -2.39. The largest absolute Gasteiger partial charge is 0.469 e. The summed E-state index contributed by atoms with van der Waals surface area (Å²) in [4.78, 5) is 27.1. The van der Waals surface area contributed by atoms with Crippen LogP contribution in [0.4, 0.5) is 0 Å². The number of rotatable bonds is 3. The number of nitrogens with zero attached hydrogens (tertiary/aromatic N) is 1. The van der Waals surface area contributed by atoms with Crippen molar-refractivity contribution in [2.24, 2.45) is 11.8 Å². The maximum atomic E-state index is 13.1. The third-order valence-electron chi connectivity index (χ3n) is 5.42. The van der Waals surface area contributed by atoms with E-state index in [1.807, 2.05) is 48.2 Å². The number of fused-ring (bicyclic) bond motifs is 1. The molecule has 2 fully saturated rings. The zero-order valence-electron chi connectivity index (χ0n) is 13.4. The van der Waals surface area contributed by atoms with Gasteiger partial charge in [-0.2, -0.15) is 0 Å². The Kier molecular flexibility index (Phi) is 3.58. The summed E-state index contributed by atoms with van der Waals surface area (Å²) >= 11 is 3.43. The number of likely N-dealkylation sites (tertiary alicyclic amines) is 1. The zero-order valence-corrected chi connectivity index (χ0v) is 15.0. The maximum absolute atomic E-state index is 13.1. The summed E-state index contributed by atoms with van der Waals surface area (Å²) in [5, 5.41) is 0. The molecule has 6 heteroatoms. The molecule has 3 heterocycles. The van der Waals surface area contributed by atoms with Gasteiger partial charge in [0.05, 0.1) is 31.7 Å². The Morgan fingerprint density at radius 3 is 2.79 bits per heavy atom. The lowest BCUT2D eigenvalue weighted by molar-refractivity contribution is -0.151. The number of carbonyl (C=O) groups is 2. The van der Waals surface area contributed by atoms with Crippen molar-refractivity contribution in [2.45, 2.75) is 24.7 Å². The molecule has 3 aliphatic heterocycles. The minimum absolute atomic E-state index is 0.0346. The molecule has 0 aromatic heterocycles. The fourth-order valence-electron chi connectivity index (χ4n) is 4.18. The second-order valence-corrected chi connectivity index (χ2v) is 7.53. The second kappa shape index (κ2) is 5.43. The zero-order chi connectivity index (χ0) is 17.1. The Balaban J connectivity index is 1.65. The molecule has 126 valence electrons. The molecule has 0 saturated carbocycles. The van der Waals surface area contributed by atoms with Gasteiger partial charge in [0.1, 0.15) is 11.5 Å². The molecule has 4 rings (SSSR count). The van der Waals surface area contributed by atoms with Crippen LogP contribution in [0.2, 0.25) is 0 Å². The van der Waals surface area contributed by atoms with Gasteiger partial charge < -0.3 is 14.4 Å². The summed E-state index contributed by atoms with van der Waals surface area (Å²) in [6.45, 7) is 2.47. The fraction of sp³-hybridized carbons (Fsp3) is 0.444. The van der Waals surface area contributed by atoms with Gasteiger partial charge in [0.15, 0.2) is 0 Å². The van der Waals surface area contributed by atoms with Crippen molar-refractivity contribution >= 4 is 27.8 Å². The topological polar surface area (TPSA) is 55.8 Å². The SMILES string of the molecule is COC(=O)[C@H]1[C@H]2C(=O)N([C@H](C)c3ccc(Br)cc3)C[C@]23C=C[C@H]1O3. The highest BCUT2D eigenvalue weighted by Gasteiger charge is 2.67. The van der Waals surface area contributed by atoms with E-state index >= 15 is 0 Å². The molecule has 5 atom stereocenters. The number of benzene rings is 1. The molecule has 1 spiro atoms. The Morgan fingerprint density at radius 2 is 2.12 bits per heavy atom. The number of halogens is 1. The van der Waals surface area contributed by atoms with Crippen LogP contribution in [0.1, 0.15) is 18.5 Å². The number of hydrogen-bond donors (Lipinski definition) is 0. The van der Waals surface area contributed by atoms with Gasteiger partial charge >= 0.3 is 5.97 Å². The van der Waals surface area contributed by atoms with Crippen LogP contribution in [0.3, 0.4) is 0 Å². The van der Waals surface area contributed by atoms with Crippen LogP contribution in [0.15, 0.2) is 40.9 Å². The van der Waals surface area contributed by atoms with E-state index < -0.39 is 17.4 Å². The lowest BCUT2D eigenvalue weighted by Gasteiger charge is -2.27. The third-order valence-corrected chi connectivity index (χ3v) is 5.95. The van der Waals surface area contributed by atoms with Gasteiger partial charge in [-0.25, -0.2) is 0 Å². The standard InChI is InChI=1S/C18H18BrNO4/c1-10(11-3-5-12(19)6-4-11)20-9-18-8-7-13(24-18)14(17(22)23-2)15(18)16(20)21/h3-8,10,13-15H,9H2,1-2H3/t10-,13-,14-,15+,18-/m1/s1. The van der Waals surface area contributed by atoms with E-state index in [0.29, 0.717) is 6.54 Å². The van der Waals surface area contributed by atoms with Gasteiger partial charge in [-0.15, -0.1) is 0 Å². The number of amides is 1. The van der Waals surface area contributed by atoms with Crippen LogP contribution in [-0.2, 0) is 19.1 Å². The number of methoxy groups -OCH3 is 1. The number of hydrogen-bond acceptors (Lipinski definition) is 4. The molecule has 0 unspecified atom stereocenters. The predicted molar refractivity (Wildman–Crippen MR) is 90.0 cm³/mol. The van der Waals surface area contributed by atoms with E-state index in [9.17, 15) is 9.59 Å². The molecule has 1 aromatic rings. The first-order chi connectivity index (χ1) is 11.5. The summed E-state index contributed by atoms with van der Waals surface area (Å²) < 4.78 is 11.9. The Hall–Kier alpha value is -1.66. The average Bonchev–Trinajstić information content (AvgIpc) is 3.22. The van der Waals surface area contributed by atoms with Crippen LogP contribution >= 0.6 is 15.9 Å². The van der Waals surface area contributed by atoms with Gasteiger partial charge in [-0.05, 0) is 24.6 Å². The first-order valence-electron chi connectivity index (χ1n) is 7.98. The van der Waals surface area contributed by atoms with E-state index in [4.69, 9.17) is 9.47 Å². The first kappa shape index (κ1) is 15.8. The van der Waals surface area contributed by atoms with Gasteiger partial charge in [-0.1, -0.05) is 40.2 Å². The Bertz CT molecular complexity index is 731. The van der Waals surface area contributed by atoms with E-state index in [0.717, 1.165) is 10.0 Å². The summed E-state index contributed by atoms with van der Waals surface area (Å²) in [5.41, 5.74) is 0.362. The summed E-state index contributed by atoms with van der Waals surface area (Å²) in [6.07, 6.45) is 3.49. The number of ether oxygens (including phenoxy) is 2. The molecule has 2 saturated heterocycles. The first-order valence-corrected chi connectivity index (χ1v) is 8.77. The van der Waals surface area contributed by atoms with Crippen molar-refractivity contribution in [3.05, 3.63) is 46.5 Å². The lowest BCUT2D eigenvalue weighted by atomic mass is 9.77. The molecular weight excluding hydrogens is 374 g/mol. The van der Waals surface area contributed by atoms with Crippen molar-refractivity contribution in [3.63, 3.8) is 0 Å². The van der Waals surface area contributed by atoms with Crippen molar-refractivity contribution in [1.82, 2.24) is 4.90 Å². The van der Waals surface area contributed by atoms with Crippen molar-refractivity contribution in [2.75, 3.05) is 13.7 Å². The average molecular weight is 392 g/mol. The van der Waals surface area contributed by atoms with Gasteiger partial charge in [0.2, 0.25) is 5.91 Å². The summed E-state index contributed by atoms with van der Waals surface area (Å²) in [7, 11) is 1.35. The van der Waals surface area contributed by atoms with E-state index in [-0.39, 0.29) is 24.0 Å². The molecule has 5 nitrogen and oxygen atoms in total. The maximum Gasteiger partial charge on any atom is 0.312 e. The molecule has 0 radical (unpaired) electrons. The quantitative estimate of drug-likeness (QED) is 0.586. The second-order valence-electron chi connectivity index (χ2n) is 6.62. The van der Waals surface area contributed by atoms with Crippen LogP contribution in [0, 0.1) is 11.8 Å². The van der Waals surface area contributed by atoms with Crippen LogP contribution in [0.5, 0.6) is 0 Å². The summed E-state index contributed by atoms with van der Waals surface area (Å²) in [6, 6.07) is 7.84. The molecule has 0 aliphatic carbocycles. The van der Waals surface area contributed by atoms with E-state index in [1.165, 1.54) is 7.11 Å². The van der Waals surface area contributed by atoms with Crippen molar-refractivity contribution < 1.29 is 19.1 Å². The minimum Gasteiger partial charge on any atom is -0.469 e. The van der Waals surface area contributed by atoms with Gasteiger partial charge in [0.25, 0.3) is 0 Å². The van der Waals surface area contributed by atoms with E-state index in [1.54, 1.807) is 0 Å². The predicted octanol–water partition coefficient (Wildman–Crippen LogP) is 2.47. The molecule has 1 aromatic carbocycles. The fourth-order valence-corrected chi connectivity index (χ4v) is 4.45. The van der Waals surface area contributed by atoms with Crippen LogP contribution < -0.4 is 0 Å².